The number of nitrogens with zero attached hydrogens (tertiary/aromatic N) is 3. The summed E-state index contributed by atoms with van der Waals surface area (Å²) in [4.78, 5) is 8.20. The van der Waals surface area contributed by atoms with Gasteiger partial charge in [-0.2, -0.15) is 0 Å². The van der Waals surface area contributed by atoms with Crippen molar-refractivity contribution in [2.75, 3.05) is 45.8 Å². The van der Waals surface area contributed by atoms with E-state index in [1.807, 2.05) is 0 Å². The van der Waals surface area contributed by atoms with Crippen LogP contribution in [0.5, 0.6) is 0 Å². The highest BCUT2D eigenvalue weighted by Gasteiger charge is 2.39. The van der Waals surface area contributed by atoms with Gasteiger partial charge in [0.25, 0.3) is 0 Å². The maximum absolute atomic E-state index is 6.58. The molecule has 4 nitrogen and oxygen atoms in total. The largest absolute Gasteiger partial charge is 0.375 e. The van der Waals surface area contributed by atoms with Crippen molar-refractivity contribution in [3.63, 3.8) is 0 Å². The van der Waals surface area contributed by atoms with Gasteiger partial charge in [0.15, 0.2) is 0 Å². The molecule has 3 aliphatic heterocycles. The van der Waals surface area contributed by atoms with Crippen LogP contribution in [0.1, 0.15) is 99.8 Å². The minimum absolute atomic E-state index is 0.336. The molecule has 3 saturated heterocycles. The van der Waals surface area contributed by atoms with Gasteiger partial charge < -0.3 is 14.5 Å². The predicted molar refractivity (Wildman–Crippen MR) is 144 cm³/mol. The van der Waals surface area contributed by atoms with Crippen molar-refractivity contribution in [3.8, 4) is 0 Å². The van der Waals surface area contributed by atoms with Crippen molar-refractivity contribution in [3.05, 3.63) is 0 Å². The summed E-state index contributed by atoms with van der Waals surface area (Å²) in [6, 6.07) is 0.801. The van der Waals surface area contributed by atoms with Crippen molar-refractivity contribution in [1.82, 2.24) is 14.7 Å². The first-order valence-electron chi connectivity index (χ1n) is 14.9. The highest BCUT2D eigenvalue weighted by atomic mass is 16.5. The van der Waals surface area contributed by atoms with E-state index in [1.165, 1.54) is 97.2 Å². The number of hydrogen-bond donors (Lipinski definition) is 0. The van der Waals surface area contributed by atoms with Crippen molar-refractivity contribution < 1.29 is 4.74 Å². The third-order valence-corrected chi connectivity index (χ3v) is 10.2. The third kappa shape index (κ3) is 6.99. The molecule has 34 heavy (non-hydrogen) atoms. The molecule has 0 aromatic carbocycles. The Bertz CT molecular complexity index is 608. The molecule has 1 saturated carbocycles. The van der Waals surface area contributed by atoms with Gasteiger partial charge in [0.2, 0.25) is 0 Å². The summed E-state index contributed by atoms with van der Waals surface area (Å²) in [5, 5.41) is 0. The van der Waals surface area contributed by atoms with Crippen LogP contribution >= 0.6 is 0 Å². The van der Waals surface area contributed by atoms with Gasteiger partial charge in [-0.15, -0.1) is 0 Å². The zero-order valence-corrected chi connectivity index (χ0v) is 23.8. The molecule has 0 aromatic heterocycles. The first kappa shape index (κ1) is 26.9. The van der Waals surface area contributed by atoms with E-state index in [0.717, 1.165) is 23.8 Å². The van der Waals surface area contributed by atoms with Gasteiger partial charge in [-0.1, -0.05) is 27.7 Å². The second kappa shape index (κ2) is 11.1. The van der Waals surface area contributed by atoms with Crippen LogP contribution in [0.2, 0.25) is 0 Å². The first-order chi connectivity index (χ1) is 16.0. The van der Waals surface area contributed by atoms with Gasteiger partial charge in [-0.05, 0) is 121 Å². The van der Waals surface area contributed by atoms with E-state index in [9.17, 15) is 0 Å². The molecular weight excluding hydrogens is 418 g/mol. The molecule has 1 aliphatic carbocycles. The molecule has 4 aliphatic rings. The van der Waals surface area contributed by atoms with E-state index in [4.69, 9.17) is 4.74 Å². The standard InChI is InChI=1S/C30H57N3O/c1-23(29(2,3)4)25-10-16-32(17-11-25)26-20-28(21-26)34-27-12-14-31(15-13-27)22-24-8-18-33(19-9-24)30(5,6)7/h23-28H,8-22H2,1-7H3. The normalized spacial score (nSPS) is 31.5. The summed E-state index contributed by atoms with van der Waals surface area (Å²) < 4.78 is 6.58. The van der Waals surface area contributed by atoms with Crippen LogP contribution < -0.4 is 0 Å². The Morgan fingerprint density at radius 3 is 1.85 bits per heavy atom. The van der Waals surface area contributed by atoms with E-state index >= 15 is 0 Å². The fraction of sp³-hybridized carbons (Fsp3) is 1.00. The van der Waals surface area contributed by atoms with Gasteiger partial charge in [0, 0.05) is 31.2 Å². The van der Waals surface area contributed by atoms with Crippen LogP contribution in [-0.2, 0) is 4.74 Å². The lowest BCUT2D eigenvalue weighted by Crippen LogP contribution is -2.53. The monoisotopic (exact) mass is 475 g/mol. The zero-order valence-electron chi connectivity index (χ0n) is 23.8. The number of hydrogen-bond acceptors (Lipinski definition) is 4. The minimum Gasteiger partial charge on any atom is -0.375 e. The summed E-state index contributed by atoms with van der Waals surface area (Å²) in [5.41, 5.74) is 0.782. The van der Waals surface area contributed by atoms with Gasteiger partial charge in [0.05, 0.1) is 12.2 Å². The quantitative estimate of drug-likeness (QED) is 0.476. The molecule has 1 unspecified atom stereocenters. The molecular formula is C30H57N3O. The minimum atomic E-state index is 0.336. The summed E-state index contributed by atoms with van der Waals surface area (Å²) in [7, 11) is 0. The molecule has 3 heterocycles. The van der Waals surface area contributed by atoms with Gasteiger partial charge in [0.1, 0.15) is 0 Å². The van der Waals surface area contributed by atoms with E-state index < -0.39 is 0 Å². The fourth-order valence-corrected chi connectivity index (χ4v) is 7.09. The second-order valence-electron chi connectivity index (χ2n) is 14.5. The lowest BCUT2D eigenvalue weighted by atomic mass is 9.71. The highest BCUT2D eigenvalue weighted by Crippen LogP contribution is 2.39. The Balaban J connectivity index is 1.07. The Morgan fingerprint density at radius 2 is 1.32 bits per heavy atom. The SMILES string of the molecule is CC(C1CCN(C2CC(OC3CCN(CC4CCN(C(C)(C)C)CC4)CC3)C2)CC1)C(C)(C)C. The lowest BCUT2D eigenvalue weighted by molar-refractivity contribution is -0.108. The maximum atomic E-state index is 6.58. The number of piperidine rings is 3. The maximum Gasteiger partial charge on any atom is 0.0608 e. The summed E-state index contributed by atoms with van der Waals surface area (Å²) in [6.45, 7) is 25.8. The molecule has 0 spiro atoms. The molecule has 4 heteroatoms. The van der Waals surface area contributed by atoms with Crippen LogP contribution in [0, 0.1) is 23.2 Å². The topological polar surface area (TPSA) is 19.0 Å². The Morgan fingerprint density at radius 1 is 0.735 bits per heavy atom. The summed E-state index contributed by atoms with van der Waals surface area (Å²) >= 11 is 0. The van der Waals surface area contributed by atoms with Crippen molar-refractivity contribution in [1.29, 1.82) is 0 Å². The molecule has 4 rings (SSSR count). The number of rotatable bonds is 6. The predicted octanol–water partition coefficient (Wildman–Crippen LogP) is 5.90. The molecule has 1 atom stereocenters. The van der Waals surface area contributed by atoms with E-state index in [0.29, 0.717) is 23.2 Å². The van der Waals surface area contributed by atoms with E-state index in [-0.39, 0.29) is 0 Å². The van der Waals surface area contributed by atoms with E-state index in [2.05, 4.69) is 63.2 Å². The van der Waals surface area contributed by atoms with Crippen LogP contribution in [-0.4, -0.2) is 84.3 Å². The van der Waals surface area contributed by atoms with Crippen LogP contribution in [0.4, 0.5) is 0 Å². The molecule has 0 aromatic rings. The van der Waals surface area contributed by atoms with Gasteiger partial charge >= 0.3 is 0 Å². The smallest absolute Gasteiger partial charge is 0.0608 e. The van der Waals surface area contributed by atoms with Crippen molar-refractivity contribution >= 4 is 0 Å². The summed E-state index contributed by atoms with van der Waals surface area (Å²) in [6.07, 6.45) is 11.7. The molecule has 0 amide bonds. The molecule has 198 valence electrons. The molecule has 4 fully saturated rings. The molecule has 0 bridgehead atoms. The number of ether oxygens (including phenoxy) is 1. The Labute approximate surface area is 212 Å². The van der Waals surface area contributed by atoms with Gasteiger partial charge in [-0.25, -0.2) is 0 Å². The second-order valence-corrected chi connectivity index (χ2v) is 14.5. The highest BCUT2D eigenvalue weighted by molar-refractivity contribution is 4.92. The van der Waals surface area contributed by atoms with Crippen LogP contribution in [0.3, 0.4) is 0 Å². The third-order valence-electron chi connectivity index (χ3n) is 10.2. The van der Waals surface area contributed by atoms with Crippen molar-refractivity contribution in [2.24, 2.45) is 23.2 Å². The number of likely N-dealkylation sites (tertiary alicyclic amines) is 3. The fourth-order valence-electron chi connectivity index (χ4n) is 7.09. The van der Waals surface area contributed by atoms with Crippen LogP contribution in [0.15, 0.2) is 0 Å². The Kier molecular flexibility index (Phi) is 8.76. The first-order valence-corrected chi connectivity index (χ1v) is 14.9. The molecule has 0 radical (unpaired) electrons. The van der Waals surface area contributed by atoms with Gasteiger partial charge in [-0.3, -0.25) is 4.90 Å². The van der Waals surface area contributed by atoms with E-state index in [1.54, 1.807) is 0 Å². The average Bonchev–Trinajstić information content (AvgIpc) is 2.76. The Hall–Kier alpha value is -0.160. The lowest BCUT2D eigenvalue weighted by Gasteiger charge is -2.48. The molecule has 0 N–H and O–H groups in total. The average molecular weight is 476 g/mol. The van der Waals surface area contributed by atoms with Crippen LogP contribution in [0.25, 0.3) is 0 Å². The summed E-state index contributed by atoms with van der Waals surface area (Å²) in [5.74, 6) is 2.65. The van der Waals surface area contributed by atoms with Crippen molar-refractivity contribution in [2.45, 2.75) is 124 Å². The zero-order chi connectivity index (χ0) is 24.5.